The van der Waals surface area contributed by atoms with E-state index in [0.29, 0.717) is 0 Å². The summed E-state index contributed by atoms with van der Waals surface area (Å²) in [7, 11) is 0. The van der Waals surface area contributed by atoms with E-state index in [0.717, 1.165) is 0 Å². The van der Waals surface area contributed by atoms with Crippen molar-refractivity contribution in [2.45, 2.75) is 12.8 Å². The molecule has 0 aromatic carbocycles. The smallest absolute Gasteiger partial charge is 0.275 e. The van der Waals surface area contributed by atoms with Crippen molar-refractivity contribution in [3.63, 3.8) is 0 Å². The van der Waals surface area contributed by atoms with Crippen LogP contribution in [0.2, 0.25) is 0 Å². The molecule has 0 aromatic rings. The predicted octanol–water partition coefficient (Wildman–Crippen LogP) is 1.29. The maximum atomic E-state index is 12.2. The molecule has 1 aliphatic rings. The second kappa shape index (κ2) is 1.65. The molecule has 1 fully saturated rings. The quantitative estimate of drug-likeness (QED) is 0.470. The lowest BCUT2D eigenvalue weighted by atomic mass is 10.1. The highest BCUT2D eigenvalue weighted by Gasteiger charge is 2.41. The lowest BCUT2D eigenvalue weighted by molar-refractivity contribution is -0.0318. The van der Waals surface area contributed by atoms with Gasteiger partial charge in [-0.15, -0.1) is 0 Å². The maximum absolute atomic E-state index is 12.2. The molecule has 1 atom stereocenters. The fourth-order valence-electron chi connectivity index (χ4n) is 0.636. The van der Waals surface area contributed by atoms with Crippen LogP contribution < -0.4 is 0 Å². The molecule has 0 aliphatic carbocycles. The van der Waals surface area contributed by atoms with E-state index in [1.807, 2.05) is 0 Å². The fourth-order valence-corrected chi connectivity index (χ4v) is 0.636. The van der Waals surface area contributed by atoms with Crippen molar-refractivity contribution in [3.05, 3.63) is 0 Å². The molecule has 0 spiro atoms. The Bertz CT molecular complexity index is 92.4. The average Bonchev–Trinajstić information content (AvgIpc) is 1.86. The van der Waals surface area contributed by atoms with Gasteiger partial charge < -0.3 is 4.74 Å². The first-order chi connectivity index (χ1) is 3.63. The second-order valence-corrected chi connectivity index (χ2v) is 2.18. The van der Waals surface area contributed by atoms with Crippen molar-refractivity contribution in [1.82, 2.24) is 0 Å². The van der Waals surface area contributed by atoms with Crippen molar-refractivity contribution in [1.29, 1.82) is 0 Å². The van der Waals surface area contributed by atoms with Gasteiger partial charge in [0.05, 0.1) is 6.61 Å². The van der Waals surface area contributed by atoms with Gasteiger partial charge in [0.25, 0.3) is 5.92 Å². The summed E-state index contributed by atoms with van der Waals surface area (Å²) < 4.78 is 28.9. The van der Waals surface area contributed by atoms with Crippen LogP contribution in [0.1, 0.15) is 6.92 Å². The number of hydrogen-bond acceptors (Lipinski definition) is 1. The minimum Gasteiger partial charge on any atom is -0.375 e. The van der Waals surface area contributed by atoms with Crippen molar-refractivity contribution >= 4 is 0 Å². The molecule has 0 amide bonds. The zero-order valence-electron chi connectivity index (χ0n) is 4.66. The van der Waals surface area contributed by atoms with Gasteiger partial charge in [0.15, 0.2) is 0 Å². The van der Waals surface area contributed by atoms with E-state index < -0.39 is 18.4 Å². The summed E-state index contributed by atoms with van der Waals surface area (Å²) in [6.45, 7) is 1.30. The minimum absolute atomic E-state index is 0.201. The molecule has 1 nitrogen and oxygen atoms in total. The first-order valence-corrected chi connectivity index (χ1v) is 2.58. The van der Waals surface area contributed by atoms with E-state index in [2.05, 4.69) is 4.74 Å². The van der Waals surface area contributed by atoms with Gasteiger partial charge in [-0.05, 0) is 0 Å². The van der Waals surface area contributed by atoms with Crippen molar-refractivity contribution in [3.8, 4) is 0 Å². The van der Waals surface area contributed by atoms with Crippen LogP contribution in [0.5, 0.6) is 0 Å². The molecule has 8 heavy (non-hydrogen) atoms. The first-order valence-electron chi connectivity index (χ1n) is 2.58. The van der Waals surface area contributed by atoms with E-state index in [1.54, 1.807) is 0 Å². The van der Waals surface area contributed by atoms with Crippen LogP contribution in [-0.4, -0.2) is 19.1 Å². The molecule has 1 aliphatic heterocycles. The van der Waals surface area contributed by atoms with Gasteiger partial charge in [-0.3, -0.25) is 0 Å². The van der Waals surface area contributed by atoms with Crippen LogP contribution in [-0.2, 0) is 4.74 Å². The van der Waals surface area contributed by atoms with Crippen LogP contribution >= 0.6 is 0 Å². The number of alkyl halides is 2. The van der Waals surface area contributed by atoms with E-state index in [1.165, 1.54) is 6.92 Å². The summed E-state index contributed by atoms with van der Waals surface area (Å²) in [5.74, 6) is -3.16. The van der Waals surface area contributed by atoms with Crippen LogP contribution in [0.25, 0.3) is 0 Å². The Morgan fingerprint density at radius 1 is 1.62 bits per heavy atom. The molecule has 3 heteroatoms. The minimum atomic E-state index is -2.57. The number of rotatable bonds is 0. The summed E-state index contributed by atoms with van der Waals surface area (Å²) >= 11 is 0. The summed E-state index contributed by atoms with van der Waals surface area (Å²) in [4.78, 5) is 0. The van der Waals surface area contributed by atoms with Gasteiger partial charge in [0, 0.05) is 5.92 Å². The summed E-state index contributed by atoms with van der Waals surface area (Å²) in [6, 6.07) is 0. The Kier molecular flexibility index (Phi) is 1.23. The van der Waals surface area contributed by atoms with E-state index >= 15 is 0 Å². The highest BCUT2D eigenvalue weighted by molar-refractivity contribution is 4.77. The standard InChI is InChI=1S/C5H8F2O/c1-4-2-8-3-5(4,6)7/h4H,2-3H2,1H3/t4-/m0/s1. The fraction of sp³-hybridized carbons (Fsp3) is 1.00. The van der Waals surface area contributed by atoms with Crippen molar-refractivity contribution < 1.29 is 13.5 Å². The third kappa shape index (κ3) is 0.823. The third-order valence-electron chi connectivity index (χ3n) is 1.38. The SMILES string of the molecule is C[C@H]1COCC1(F)F. The lowest BCUT2D eigenvalue weighted by Gasteiger charge is -2.09. The highest BCUT2D eigenvalue weighted by Crippen LogP contribution is 2.29. The Morgan fingerprint density at radius 2 is 2.25 bits per heavy atom. The molecule has 0 aromatic heterocycles. The van der Waals surface area contributed by atoms with Crippen LogP contribution in [0.3, 0.4) is 0 Å². The zero-order chi connectivity index (χ0) is 6.20. The maximum Gasteiger partial charge on any atom is 0.275 e. The Balaban J connectivity index is 2.54. The van der Waals surface area contributed by atoms with Crippen molar-refractivity contribution in [2.24, 2.45) is 5.92 Å². The van der Waals surface area contributed by atoms with Crippen LogP contribution in [0.4, 0.5) is 8.78 Å². The van der Waals surface area contributed by atoms with Gasteiger partial charge in [0.2, 0.25) is 0 Å². The van der Waals surface area contributed by atoms with Crippen LogP contribution in [0, 0.1) is 5.92 Å². The summed E-state index contributed by atoms with van der Waals surface area (Å²) in [5, 5.41) is 0. The van der Waals surface area contributed by atoms with Gasteiger partial charge in [-0.25, -0.2) is 8.78 Å². The van der Waals surface area contributed by atoms with Gasteiger partial charge in [-0.1, -0.05) is 6.92 Å². The molecular weight excluding hydrogens is 114 g/mol. The molecule has 1 heterocycles. The topological polar surface area (TPSA) is 9.23 Å². The molecule has 0 bridgehead atoms. The molecule has 0 unspecified atom stereocenters. The van der Waals surface area contributed by atoms with Crippen molar-refractivity contribution in [2.75, 3.05) is 13.2 Å². The van der Waals surface area contributed by atoms with Gasteiger partial charge in [-0.2, -0.15) is 0 Å². The monoisotopic (exact) mass is 122 g/mol. The van der Waals surface area contributed by atoms with Gasteiger partial charge in [0.1, 0.15) is 6.61 Å². The molecule has 48 valence electrons. The predicted molar refractivity (Wildman–Crippen MR) is 24.9 cm³/mol. The third-order valence-corrected chi connectivity index (χ3v) is 1.38. The summed E-state index contributed by atoms with van der Waals surface area (Å²) in [6.07, 6.45) is 0. The summed E-state index contributed by atoms with van der Waals surface area (Å²) in [5.41, 5.74) is 0. The molecule has 0 radical (unpaired) electrons. The van der Waals surface area contributed by atoms with E-state index in [4.69, 9.17) is 0 Å². The number of halogens is 2. The molecular formula is C5H8F2O. The number of hydrogen-bond donors (Lipinski definition) is 0. The van der Waals surface area contributed by atoms with Gasteiger partial charge >= 0.3 is 0 Å². The Labute approximate surface area is 46.6 Å². The van der Waals surface area contributed by atoms with E-state index in [9.17, 15) is 8.78 Å². The molecule has 0 saturated carbocycles. The normalized spacial score (nSPS) is 35.6. The average molecular weight is 122 g/mol. The Hall–Kier alpha value is -0.180. The van der Waals surface area contributed by atoms with E-state index in [-0.39, 0.29) is 6.61 Å². The second-order valence-electron chi connectivity index (χ2n) is 2.18. The van der Waals surface area contributed by atoms with Crippen LogP contribution in [0.15, 0.2) is 0 Å². The molecule has 0 N–H and O–H groups in total. The number of ether oxygens (including phenoxy) is 1. The molecule has 1 rings (SSSR count). The Morgan fingerprint density at radius 3 is 2.38 bits per heavy atom. The largest absolute Gasteiger partial charge is 0.375 e. The highest BCUT2D eigenvalue weighted by atomic mass is 19.3. The zero-order valence-corrected chi connectivity index (χ0v) is 4.66. The first kappa shape index (κ1) is 5.95. The molecule has 1 saturated heterocycles. The lowest BCUT2D eigenvalue weighted by Crippen LogP contribution is -2.23.